The van der Waals surface area contributed by atoms with Gasteiger partial charge in [0.2, 0.25) is 0 Å². The molecule has 0 aliphatic rings. The van der Waals surface area contributed by atoms with E-state index in [1.165, 1.54) is 30.0 Å². The van der Waals surface area contributed by atoms with Crippen LogP contribution in [0.1, 0.15) is 27.0 Å². The molecule has 0 N–H and O–H groups in total. The molecule has 0 aliphatic heterocycles. The summed E-state index contributed by atoms with van der Waals surface area (Å²) in [6.07, 6.45) is -4.38. The summed E-state index contributed by atoms with van der Waals surface area (Å²) in [5.74, 6) is 0.623. The second-order valence-electron chi connectivity index (χ2n) is 6.55. The highest BCUT2D eigenvalue weighted by Gasteiger charge is 2.30. The van der Waals surface area contributed by atoms with Crippen molar-refractivity contribution in [3.63, 3.8) is 0 Å². The number of rotatable bonds is 8. The minimum absolute atomic E-state index is 0.114. The van der Waals surface area contributed by atoms with Crippen LogP contribution < -0.4 is 4.74 Å². The summed E-state index contributed by atoms with van der Waals surface area (Å²) in [4.78, 5) is 12.3. The monoisotopic (exact) mass is 434 g/mol. The third-order valence-electron chi connectivity index (χ3n) is 4.25. The molecule has 30 heavy (non-hydrogen) atoms. The van der Waals surface area contributed by atoms with Crippen molar-refractivity contribution in [1.29, 1.82) is 0 Å². The SMILES string of the molecule is O=C(CSCc1cccc(C(F)(F)F)c1)c1ccc(OCc2ccc(F)cc2)cc1. The first-order chi connectivity index (χ1) is 14.3. The Morgan fingerprint density at radius 3 is 2.27 bits per heavy atom. The molecule has 7 heteroatoms. The molecule has 0 saturated carbocycles. The van der Waals surface area contributed by atoms with E-state index >= 15 is 0 Å². The number of Topliss-reactive ketones (excluding diaryl/α,β-unsaturated/α-hetero) is 1. The molecule has 0 aromatic heterocycles. The molecule has 0 spiro atoms. The summed E-state index contributed by atoms with van der Waals surface area (Å²) < 4.78 is 56.8. The van der Waals surface area contributed by atoms with Crippen molar-refractivity contribution in [3.05, 3.63) is 101 Å². The van der Waals surface area contributed by atoms with Crippen LogP contribution in [0.5, 0.6) is 5.75 Å². The molecule has 0 radical (unpaired) electrons. The fourth-order valence-corrected chi connectivity index (χ4v) is 3.54. The number of benzene rings is 3. The first kappa shape index (κ1) is 21.9. The molecular weight excluding hydrogens is 416 g/mol. The zero-order valence-corrected chi connectivity index (χ0v) is 16.6. The highest BCUT2D eigenvalue weighted by Crippen LogP contribution is 2.30. The molecule has 3 aromatic carbocycles. The van der Waals surface area contributed by atoms with E-state index in [1.807, 2.05) is 0 Å². The molecule has 0 saturated heterocycles. The minimum Gasteiger partial charge on any atom is -0.489 e. The van der Waals surface area contributed by atoms with Crippen LogP contribution in [0, 0.1) is 5.82 Å². The van der Waals surface area contributed by atoms with E-state index in [1.54, 1.807) is 42.5 Å². The van der Waals surface area contributed by atoms with Gasteiger partial charge in [0.25, 0.3) is 0 Å². The number of halogens is 4. The normalized spacial score (nSPS) is 11.3. The Kier molecular flexibility index (Phi) is 7.15. The first-order valence-corrected chi connectivity index (χ1v) is 10.2. The van der Waals surface area contributed by atoms with Gasteiger partial charge in [-0.1, -0.05) is 30.3 Å². The van der Waals surface area contributed by atoms with Crippen molar-refractivity contribution in [3.8, 4) is 5.75 Å². The van der Waals surface area contributed by atoms with Gasteiger partial charge in [0, 0.05) is 11.3 Å². The van der Waals surface area contributed by atoms with Crippen molar-refractivity contribution >= 4 is 17.5 Å². The average molecular weight is 434 g/mol. The van der Waals surface area contributed by atoms with Crippen molar-refractivity contribution in [2.45, 2.75) is 18.5 Å². The molecule has 156 valence electrons. The van der Waals surface area contributed by atoms with Gasteiger partial charge in [-0.2, -0.15) is 13.2 Å². The maximum atomic E-state index is 12.9. The van der Waals surface area contributed by atoms with Crippen LogP contribution in [-0.2, 0) is 18.5 Å². The van der Waals surface area contributed by atoms with Crippen molar-refractivity contribution in [2.75, 3.05) is 5.75 Å². The number of ether oxygens (including phenoxy) is 1. The van der Waals surface area contributed by atoms with Gasteiger partial charge in [-0.15, -0.1) is 11.8 Å². The van der Waals surface area contributed by atoms with Gasteiger partial charge in [-0.05, 0) is 53.6 Å². The highest BCUT2D eigenvalue weighted by atomic mass is 32.2. The molecule has 3 aromatic rings. The van der Waals surface area contributed by atoms with Crippen LogP contribution in [0.3, 0.4) is 0 Å². The van der Waals surface area contributed by atoms with E-state index in [2.05, 4.69) is 0 Å². The highest BCUT2D eigenvalue weighted by molar-refractivity contribution is 7.99. The van der Waals surface area contributed by atoms with Gasteiger partial charge in [-0.25, -0.2) is 4.39 Å². The maximum Gasteiger partial charge on any atom is 0.416 e. The molecule has 0 heterocycles. The summed E-state index contributed by atoms with van der Waals surface area (Å²) in [6, 6.07) is 17.7. The average Bonchev–Trinajstić information content (AvgIpc) is 2.73. The third-order valence-corrected chi connectivity index (χ3v) is 5.26. The fraction of sp³-hybridized carbons (Fsp3) is 0.174. The van der Waals surface area contributed by atoms with Crippen LogP contribution in [-0.4, -0.2) is 11.5 Å². The molecule has 0 amide bonds. The van der Waals surface area contributed by atoms with E-state index in [9.17, 15) is 22.4 Å². The van der Waals surface area contributed by atoms with Crippen LogP contribution >= 0.6 is 11.8 Å². The van der Waals surface area contributed by atoms with E-state index in [4.69, 9.17) is 4.74 Å². The smallest absolute Gasteiger partial charge is 0.416 e. The van der Waals surface area contributed by atoms with Crippen LogP contribution in [0.2, 0.25) is 0 Å². The third kappa shape index (κ3) is 6.35. The van der Waals surface area contributed by atoms with Gasteiger partial charge in [-0.3, -0.25) is 4.79 Å². The molecule has 2 nitrogen and oxygen atoms in total. The molecule has 0 atom stereocenters. The van der Waals surface area contributed by atoms with E-state index in [0.29, 0.717) is 22.6 Å². The lowest BCUT2D eigenvalue weighted by atomic mass is 10.1. The Balaban J connectivity index is 1.48. The summed E-state index contributed by atoms with van der Waals surface area (Å²) in [5, 5.41) is 0. The largest absolute Gasteiger partial charge is 0.489 e. The van der Waals surface area contributed by atoms with Crippen molar-refractivity contribution in [2.24, 2.45) is 0 Å². The first-order valence-electron chi connectivity index (χ1n) is 9.05. The Hall–Kier alpha value is -2.80. The Bertz CT molecular complexity index is 983. The second-order valence-corrected chi connectivity index (χ2v) is 7.54. The van der Waals surface area contributed by atoms with Crippen molar-refractivity contribution in [1.82, 2.24) is 0 Å². The predicted molar refractivity (Wildman–Crippen MR) is 109 cm³/mol. The summed E-state index contributed by atoms with van der Waals surface area (Å²) in [6.45, 7) is 0.278. The van der Waals surface area contributed by atoms with E-state index < -0.39 is 11.7 Å². The predicted octanol–water partition coefficient (Wildman–Crippen LogP) is 6.54. The minimum atomic E-state index is -4.38. The molecular formula is C23H18F4O2S. The number of thioether (sulfide) groups is 1. The topological polar surface area (TPSA) is 26.3 Å². The summed E-state index contributed by atoms with van der Waals surface area (Å²) in [5.41, 5.74) is 1.15. The standard InChI is InChI=1S/C23H18F4O2S/c24-20-8-4-16(5-9-20)13-29-21-10-6-18(7-11-21)22(28)15-30-14-17-2-1-3-19(12-17)23(25,26)27/h1-12H,13-15H2. The van der Waals surface area contributed by atoms with Crippen LogP contribution in [0.4, 0.5) is 17.6 Å². The number of hydrogen-bond acceptors (Lipinski definition) is 3. The second kappa shape index (κ2) is 9.80. The van der Waals surface area contributed by atoms with Crippen LogP contribution in [0.25, 0.3) is 0 Å². The zero-order valence-electron chi connectivity index (χ0n) is 15.8. The Morgan fingerprint density at radius 1 is 0.900 bits per heavy atom. The maximum absolute atomic E-state index is 12.9. The van der Waals surface area contributed by atoms with E-state index in [0.717, 1.165) is 17.7 Å². The summed E-state index contributed by atoms with van der Waals surface area (Å²) >= 11 is 1.26. The molecule has 0 bridgehead atoms. The van der Waals surface area contributed by atoms with Gasteiger partial charge in [0.1, 0.15) is 18.2 Å². The number of hydrogen-bond donors (Lipinski definition) is 0. The van der Waals surface area contributed by atoms with Gasteiger partial charge < -0.3 is 4.74 Å². The molecule has 0 unspecified atom stereocenters. The lowest BCUT2D eigenvalue weighted by Crippen LogP contribution is -2.05. The number of ketones is 1. The quantitative estimate of drug-likeness (QED) is 0.297. The number of carbonyl (C=O) groups is 1. The van der Waals surface area contributed by atoms with Crippen LogP contribution in [0.15, 0.2) is 72.8 Å². The van der Waals surface area contributed by atoms with Gasteiger partial charge >= 0.3 is 6.18 Å². The molecule has 3 rings (SSSR count). The van der Waals surface area contributed by atoms with Crippen molar-refractivity contribution < 1.29 is 27.1 Å². The summed E-state index contributed by atoms with van der Waals surface area (Å²) in [7, 11) is 0. The van der Waals surface area contributed by atoms with E-state index in [-0.39, 0.29) is 24.0 Å². The zero-order chi connectivity index (χ0) is 21.6. The molecule has 0 aliphatic carbocycles. The lowest BCUT2D eigenvalue weighted by molar-refractivity contribution is -0.137. The Morgan fingerprint density at radius 2 is 1.60 bits per heavy atom. The van der Waals surface area contributed by atoms with Gasteiger partial charge in [0.05, 0.1) is 11.3 Å². The number of alkyl halides is 3. The fourth-order valence-electron chi connectivity index (χ4n) is 2.67. The molecule has 0 fully saturated rings. The lowest BCUT2D eigenvalue weighted by Gasteiger charge is -2.09. The number of carbonyl (C=O) groups excluding carboxylic acids is 1. The van der Waals surface area contributed by atoms with Gasteiger partial charge in [0.15, 0.2) is 5.78 Å². The Labute approximate surface area is 175 Å².